The van der Waals surface area contributed by atoms with Crippen LogP contribution in [-0.2, 0) is 6.42 Å². The van der Waals surface area contributed by atoms with E-state index in [-0.39, 0.29) is 23.1 Å². The van der Waals surface area contributed by atoms with Gasteiger partial charge in [0.2, 0.25) is 0 Å². The quantitative estimate of drug-likeness (QED) is 0.891. The maximum Gasteiger partial charge on any atom is 0.268 e. The summed E-state index contributed by atoms with van der Waals surface area (Å²) in [5.41, 5.74) is 2.95. The molecule has 0 aromatic carbocycles. The molecule has 1 aromatic rings. The highest BCUT2D eigenvalue weighted by Gasteiger charge is 2.35. The van der Waals surface area contributed by atoms with Crippen molar-refractivity contribution in [2.45, 2.75) is 59.9 Å². The summed E-state index contributed by atoms with van der Waals surface area (Å²) in [6.07, 6.45) is 2.24. The lowest BCUT2D eigenvalue weighted by Gasteiger charge is -2.28. The van der Waals surface area contributed by atoms with Gasteiger partial charge in [0.05, 0.1) is 0 Å². The number of hydrogen-bond acceptors (Lipinski definition) is 2. The molecule has 0 bridgehead atoms. The van der Waals surface area contributed by atoms with Crippen molar-refractivity contribution in [1.29, 1.82) is 0 Å². The lowest BCUT2D eigenvalue weighted by molar-refractivity contribution is 0.0908. The Balaban J connectivity index is 2.35. The predicted molar refractivity (Wildman–Crippen MR) is 79.2 cm³/mol. The van der Waals surface area contributed by atoms with Gasteiger partial charge in [-0.25, -0.2) is 0 Å². The van der Waals surface area contributed by atoms with Crippen molar-refractivity contribution >= 4 is 11.7 Å². The van der Waals surface area contributed by atoms with E-state index < -0.39 is 0 Å². The zero-order chi connectivity index (χ0) is 15.1. The molecular weight excluding hydrogens is 252 g/mol. The molecule has 1 aliphatic carbocycles. The van der Waals surface area contributed by atoms with Gasteiger partial charge in [-0.15, -0.1) is 0 Å². The monoisotopic (exact) mass is 276 g/mol. The van der Waals surface area contributed by atoms with Gasteiger partial charge in [-0.2, -0.15) is 0 Å². The standard InChI is InChI=1S/C16H24N2O2/c1-6-9(2)17-15(20)14-10(3)13-11(18-14)7-16(4,5)8-12(13)19/h9,18H,6-8H2,1-5H3,(H,17,20). The van der Waals surface area contributed by atoms with Crippen LogP contribution in [0.2, 0.25) is 0 Å². The summed E-state index contributed by atoms with van der Waals surface area (Å²) < 4.78 is 0. The Morgan fingerprint density at radius 2 is 2.05 bits per heavy atom. The average Bonchev–Trinajstić information content (AvgIpc) is 2.64. The molecule has 0 radical (unpaired) electrons. The molecular formula is C16H24N2O2. The third-order valence-electron chi connectivity index (χ3n) is 4.12. The predicted octanol–water partition coefficient (Wildman–Crippen LogP) is 3.01. The van der Waals surface area contributed by atoms with E-state index in [4.69, 9.17) is 0 Å². The van der Waals surface area contributed by atoms with Gasteiger partial charge in [-0.05, 0) is 37.7 Å². The summed E-state index contributed by atoms with van der Waals surface area (Å²) >= 11 is 0. The van der Waals surface area contributed by atoms with Crippen LogP contribution in [0.4, 0.5) is 0 Å². The average molecular weight is 276 g/mol. The van der Waals surface area contributed by atoms with Gasteiger partial charge in [-0.1, -0.05) is 20.8 Å². The van der Waals surface area contributed by atoms with E-state index >= 15 is 0 Å². The van der Waals surface area contributed by atoms with Crippen LogP contribution >= 0.6 is 0 Å². The van der Waals surface area contributed by atoms with Crippen LogP contribution in [0.15, 0.2) is 0 Å². The number of nitrogens with one attached hydrogen (secondary N) is 2. The fourth-order valence-corrected chi connectivity index (χ4v) is 2.86. The third-order valence-corrected chi connectivity index (χ3v) is 4.12. The van der Waals surface area contributed by atoms with Gasteiger partial charge in [0.1, 0.15) is 5.69 Å². The third kappa shape index (κ3) is 2.65. The first kappa shape index (κ1) is 14.8. The first-order valence-corrected chi connectivity index (χ1v) is 7.30. The highest BCUT2D eigenvalue weighted by molar-refractivity contribution is 6.04. The van der Waals surface area contributed by atoms with Crippen LogP contribution in [0, 0.1) is 12.3 Å². The van der Waals surface area contributed by atoms with E-state index in [1.807, 2.05) is 20.8 Å². The number of Topliss-reactive ketones (excluding diaryl/α,β-unsaturated/α-hetero) is 1. The lowest BCUT2D eigenvalue weighted by atomic mass is 9.75. The molecule has 1 heterocycles. The number of ketones is 1. The molecule has 20 heavy (non-hydrogen) atoms. The molecule has 0 spiro atoms. The highest BCUT2D eigenvalue weighted by Crippen LogP contribution is 2.36. The highest BCUT2D eigenvalue weighted by atomic mass is 16.2. The molecule has 110 valence electrons. The number of fused-ring (bicyclic) bond motifs is 1. The minimum Gasteiger partial charge on any atom is -0.354 e. The van der Waals surface area contributed by atoms with Crippen molar-refractivity contribution in [3.05, 3.63) is 22.5 Å². The van der Waals surface area contributed by atoms with E-state index in [0.29, 0.717) is 12.1 Å². The number of H-pyrrole nitrogens is 1. The zero-order valence-corrected chi connectivity index (χ0v) is 13.0. The normalized spacial score (nSPS) is 18.6. The second kappa shape index (κ2) is 5.08. The lowest BCUT2D eigenvalue weighted by Crippen LogP contribution is -2.32. The Morgan fingerprint density at radius 3 is 2.65 bits per heavy atom. The second-order valence-electron chi connectivity index (χ2n) is 6.70. The van der Waals surface area contributed by atoms with Crippen LogP contribution < -0.4 is 5.32 Å². The minimum atomic E-state index is -0.114. The van der Waals surface area contributed by atoms with E-state index in [1.54, 1.807) is 0 Å². The molecule has 0 saturated carbocycles. The Bertz CT molecular complexity index is 555. The molecule has 1 atom stereocenters. The smallest absolute Gasteiger partial charge is 0.268 e. The topological polar surface area (TPSA) is 62.0 Å². The van der Waals surface area contributed by atoms with Crippen LogP contribution in [0.3, 0.4) is 0 Å². The molecule has 1 aliphatic rings. The number of rotatable bonds is 3. The molecule has 2 rings (SSSR count). The van der Waals surface area contributed by atoms with Gasteiger partial charge in [0, 0.05) is 23.7 Å². The SMILES string of the molecule is CCC(C)NC(=O)c1[nH]c2c(c1C)C(=O)CC(C)(C)C2. The van der Waals surface area contributed by atoms with Crippen molar-refractivity contribution in [2.75, 3.05) is 0 Å². The number of aromatic nitrogens is 1. The van der Waals surface area contributed by atoms with Crippen molar-refractivity contribution in [3.8, 4) is 0 Å². The van der Waals surface area contributed by atoms with E-state index in [9.17, 15) is 9.59 Å². The maximum absolute atomic E-state index is 12.3. The second-order valence-corrected chi connectivity index (χ2v) is 6.70. The Morgan fingerprint density at radius 1 is 1.40 bits per heavy atom. The number of carbonyl (C=O) groups is 2. The summed E-state index contributed by atoms with van der Waals surface area (Å²) in [5.74, 6) is 0.0319. The number of aromatic amines is 1. The molecule has 4 nitrogen and oxygen atoms in total. The van der Waals surface area contributed by atoms with E-state index in [0.717, 1.165) is 29.7 Å². The summed E-state index contributed by atoms with van der Waals surface area (Å²) in [5, 5.41) is 2.95. The molecule has 0 saturated heterocycles. The van der Waals surface area contributed by atoms with E-state index in [2.05, 4.69) is 24.1 Å². The number of amides is 1. The van der Waals surface area contributed by atoms with Gasteiger partial charge < -0.3 is 10.3 Å². The van der Waals surface area contributed by atoms with Gasteiger partial charge in [0.15, 0.2) is 5.78 Å². The fourth-order valence-electron chi connectivity index (χ4n) is 2.86. The summed E-state index contributed by atoms with van der Waals surface area (Å²) in [6, 6.07) is 0.134. The van der Waals surface area contributed by atoms with Crippen molar-refractivity contribution in [3.63, 3.8) is 0 Å². The van der Waals surface area contributed by atoms with Crippen LogP contribution in [0.1, 0.15) is 72.6 Å². The van der Waals surface area contributed by atoms with Crippen LogP contribution in [-0.4, -0.2) is 22.7 Å². The minimum absolute atomic E-state index is 0.0359. The fraction of sp³-hybridized carbons (Fsp3) is 0.625. The first-order valence-electron chi connectivity index (χ1n) is 7.30. The molecule has 2 N–H and O–H groups in total. The van der Waals surface area contributed by atoms with Gasteiger partial charge in [0.25, 0.3) is 5.91 Å². The van der Waals surface area contributed by atoms with Crippen molar-refractivity contribution in [2.24, 2.45) is 5.41 Å². The molecule has 0 fully saturated rings. The molecule has 1 aromatic heterocycles. The number of hydrogen-bond donors (Lipinski definition) is 2. The largest absolute Gasteiger partial charge is 0.354 e. The maximum atomic E-state index is 12.3. The molecule has 1 amide bonds. The van der Waals surface area contributed by atoms with Crippen molar-refractivity contribution < 1.29 is 9.59 Å². The Hall–Kier alpha value is -1.58. The van der Waals surface area contributed by atoms with Gasteiger partial charge in [-0.3, -0.25) is 9.59 Å². The molecule has 4 heteroatoms. The van der Waals surface area contributed by atoms with Crippen molar-refractivity contribution in [1.82, 2.24) is 10.3 Å². The number of carbonyl (C=O) groups excluding carboxylic acids is 2. The molecule has 1 unspecified atom stereocenters. The van der Waals surface area contributed by atoms with E-state index in [1.165, 1.54) is 0 Å². The zero-order valence-electron chi connectivity index (χ0n) is 13.0. The van der Waals surface area contributed by atoms with Crippen LogP contribution in [0.25, 0.3) is 0 Å². The Labute approximate surface area is 120 Å². The molecule has 0 aliphatic heterocycles. The summed E-state index contributed by atoms with van der Waals surface area (Å²) in [6.45, 7) is 10.0. The summed E-state index contributed by atoms with van der Waals surface area (Å²) in [7, 11) is 0. The summed E-state index contributed by atoms with van der Waals surface area (Å²) in [4.78, 5) is 27.7. The van der Waals surface area contributed by atoms with Crippen LogP contribution in [0.5, 0.6) is 0 Å². The first-order chi connectivity index (χ1) is 9.25. The van der Waals surface area contributed by atoms with Gasteiger partial charge >= 0.3 is 0 Å². The Kier molecular flexibility index (Phi) is 3.76.